The molecule has 2 aromatic rings. The Balaban J connectivity index is 1.71. The van der Waals surface area contributed by atoms with E-state index in [0.29, 0.717) is 43.2 Å². The number of hydrogen-bond acceptors (Lipinski definition) is 4. The molecule has 5 nitrogen and oxygen atoms in total. The lowest BCUT2D eigenvalue weighted by Crippen LogP contribution is -2.31. The van der Waals surface area contributed by atoms with Crippen molar-refractivity contribution in [2.24, 2.45) is 0 Å². The lowest BCUT2D eigenvalue weighted by molar-refractivity contribution is 0.171. The molecule has 2 aliphatic heterocycles. The topological polar surface area (TPSA) is 55.8 Å². The molecule has 1 atom stereocenters. The second-order valence-corrected chi connectivity index (χ2v) is 8.47. The van der Waals surface area contributed by atoms with Crippen LogP contribution in [0.15, 0.2) is 41.3 Å². The third-order valence-corrected chi connectivity index (χ3v) is 6.75. The molecule has 2 aromatic carbocycles. The number of sulfonamides is 1. The van der Waals surface area contributed by atoms with E-state index in [2.05, 4.69) is 0 Å². The van der Waals surface area contributed by atoms with Crippen LogP contribution in [0.5, 0.6) is 11.5 Å². The normalized spacial score (nSPS) is 20.3. The van der Waals surface area contributed by atoms with Gasteiger partial charge in [0.25, 0.3) is 0 Å². The summed E-state index contributed by atoms with van der Waals surface area (Å²) in [7, 11) is -3.92. The van der Waals surface area contributed by atoms with Gasteiger partial charge in [-0.2, -0.15) is 4.31 Å². The Kier molecular flexibility index (Phi) is 4.36. The highest BCUT2D eigenvalue weighted by atomic mass is 32.2. The van der Waals surface area contributed by atoms with Crippen molar-refractivity contribution in [2.75, 3.05) is 19.8 Å². The molecule has 1 fully saturated rings. The molecule has 26 heavy (non-hydrogen) atoms. The minimum atomic E-state index is -3.92. The molecule has 1 unspecified atom stereocenters. The summed E-state index contributed by atoms with van der Waals surface area (Å²) in [6.07, 6.45) is 1.41. The summed E-state index contributed by atoms with van der Waals surface area (Å²) in [5.41, 5.74) is 1.54. The van der Waals surface area contributed by atoms with Crippen LogP contribution in [0.2, 0.25) is 0 Å². The fraction of sp³-hybridized carbons (Fsp3) is 0.368. The molecule has 138 valence electrons. The predicted octanol–water partition coefficient (Wildman–Crippen LogP) is 3.43. The average Bonchev–Trinajstić information content (AvgIpc) is 3.14. The van der Waals surface area contributed by atoms with Crippen LogP contribution in [0, 0.1) is 12.7 Å². The molecule has 0 saturated carbocycles. The minimum Gasteiger partial charge on any atom is -0.486 e. The number of ether oxygens (including phenoxy) is 2. The van der Waals surface area contributed by atoms with Gasteiger partial charge in [-0.3, -0.25) is 0 Å². The zero-order chi connectivity index (χ0) is 18.3. The third-order valence-electron chi connectivity index (χ3n) is 4.83. The van der Waals surface area contributed by atoms with Crippen LogP contribution >= 0.6 is 0 Å². The summed E-state index contributed by atoms with van der Waals surface area (Å²) >= 11 is 0. The summed E-state index contributed by atoms with van der Waals surface area (Å²) in [5, 5.41) is 0. The van der Waals surface area contributed by atoms with Gasteiger partial charge in [-0.05, 0) is 55.2 Å². The molecule has 2 heterocycles. The maximum Gasteiger partial charge on any atom is 0.246 e. The van der Waals surface area contributed by atoms with Gasteiger partial charge in [-0.15, -0.1) is 0 Å². The van der Waals surface area contributed by atoms with Crippen LogP contribution in [0.4, 0.5) is 4.39 Å². The molecule has 1 saturated heterocycles. The molecule has 0 aromatic heterocycles. The Hall–Kier alpha value is -2.12. The van der Waals surface area contributed by atoms with E-state index in [9.17, 15) is 12.8 Å². The summed E-state index contributed by atoms with van der Waals surface area (Å²) in [5.74, 6) is 0.570. The van der Waals surface area contributed by atoms with Gasteiger partial charge in [-0.25, -0.2) is 12.8 Å². The molecule has 0 bridgehead atoms. The van der Waals surface area contributed by atoms with Crippen molar-refractivity contribution in [1.82, 2.24) is 4.31 Å². The van der Waals surface area contributed by atoms with Gasteiger partial charge in [0.1, 0.15) is 23.9 Å². The fourth-order valence-electron chi connectivity index (χ4n) is 3.56. The van der Waals surface area contributed by atoms with E-state index in [1.807, 2.05) is 12.1 Å². The summed E-state index contributed by atoms with van der Waals surface area (Å²) in [6, 6.07) is 9.33. The lowest BCUT2D eigenvalue weighted by Gasteiger charge is -2.26. The first-order valence-electron chi connectivity index (χ1n) is 8.64. The van der Waals surface area contributed by atoms with E-state index >= 15 is 0 Å². The SMILES string of the molecule is Cc1ccc(F)c(S(=O)(=O)N2CCCC2c2ccc3c(c2)OCCO3)c1. The third kappa shape index (κ3) is 2.95. The van der Waals surface area contributed by atoms with E-state index in [1.54, 1.807) is 19.1 Å². The Morgan fingerprint density at radius 2 is 1.85 bits per heavy atom. The molecule has 4 rings (SSSR count). The smallest absolute Gasteiger partial charge is 0.246 e. The maximum absolute atomic E-state index is 14.2. The zero-order valence-electron chi connectivity index (χ0n) is 14.4. The van der Waals surface area contributed by atoms with Gasteiger partial charge >= 0.3 is 0 Å². The van der Waals surface area contributed by atoms with Crippen LogP contribution in [0.25, 0.3) is 0 Å². The molecule has 0 radical (unpaired) electrons. The van der Waals surface area contributed by atoms with Gasteiger partial charge in [-0.1, -0.05) is 12.1 Å². The molecule has 0 N–H and O–H groups in total. The van der Waals surface area contributed by atoms with Crippen molar-refractivity contribution in [3.63, 3.8) is 0 Å². The highest BCUT2D eigenvalue weighted by Crippen LogP contribution is 2.40. The molecule has 0 amide bonds. The fourth-order valence-corrected chi connectivity index (χ4v) is 5.40. The van der Waals surface area contributed by atoms with Crippen molar-refractivity contribution in [2.45, 2.75) is 30.7 Å². The van der Waals surface area contributed by atoms with E-state index in [1.165, 1.54) is 16.4 Å². The number of hydrogen-bond donors (Lipinski definition) is 0. The molecular weight excluding hydrogens is 357 g/mol. The number of aryl methyl sites for hydroxylation is 1. The quantitative estimate of drug-likeness (QED) is 0.822. The maximum atomic E-state index is 14.2. The first-order chi connectivity index (χ1) is 12.5. The average molecular weight is 377 g/mol. The largest absolute Gasteiger partial charge is 0.486 e. The van der Waals surface area contributed by atoms with E-state index in [4.69, 9.17) is 9.47 Å². The van der Waals surface area contributed by atoms with Gasteiger partial charge in [0.2, 0.25) is 10.0 Å². The number of benzene rings is 2. The Labute approximate surface area is 152 Å². The summed E-state index contributed by atoms with van der Waals surface area (Å²) in [4.78, 5) is -0.262. The highest BCUT2D eigenvalue weighted by Gasteiger charge is 2.38. The van der Waals surface area contributed by atoms with Crippen molar-refractivity contribution >= 4 is 10.0 Å². The standard InChI is InChI=1S/C19H20FNO4S/c1-13-4-6-15(20)19(11-13)26(22,23)21-8-2-3-16(21)14-5-7-17-18(12-14)25-10-9-24-17/h4-7,11-12,16H,2-3,8-10H2,1H3. The van der Waals surface area contributed by atoms with Crippen LogP contribution in [-0.2, 0) is 10.0 Å². The van der Waals surface area contributed by atoms with Crippen LogP contribution in [-0.4, -0.2) is 32.5 Å². The molecular formula is C19H20FNO4S. The second kappa shape index (κ2) is 6.55. The lowest BCUT2D eigenvalue weighted by atomic mass is 10.0. The van der Waals surface area contributed by atoms with Crippen LogP contribution in [0.1, 0.15) is 30.0 Å². The summed E-state index contributed by atoms with van der Waals surface area (Å²) < 4.78 is 53.0. The predicted molar refractivity (Wildman–Crippen MR) is 94.4 cm³/mol. The summed E-state index contributed by atoms with van der Waals surface area (Å²) in [6.45, 7) is 3.09. The Morgan fingerprint density at radius 3 is 2.65 bits per heavy atom. The zero-order valence-corrected chi connectivity index (χ0v) is 15.3. The minimum absolute atomic E-state index is 0.262. The number of nitrogens with zero attached hydrogens (tertiary/aromatic N) is 1. The molecule has 0 aliphatic carbocycles. The highest BCUT2D eigenvalue weighted by molar-refractivity contribution is 7.89. The van der Waals surface area contributed by atoms with Gasteiger partial charge in [0.05, 0.1) is 6.04 Å². The molecule has 7 heteroatoms. The van der Waals surface area contributed by atoms with Crippen molar-refractivity contribution in [1.29, 1.82) is 0 Å². The van der Waals surface area contributed by atoms with Crippen molar-refractivity contribution < 1.29 is 22.3 Å². The van der Waals surface area contributed by atoms with Crippen LogP contribution in [0.3, 0.4) is 0 Å². The van der Waals surface area contributed by atoms with Gasteiger partial charge < -0.3 is 9.47 Å². The Morgan fingerprint density at radius 1 is 1.08 bits per heavy atom. The number of rotatable bonds is 3. The Bertz CT molecular complexity index is 945. The first-order valence-corrected chi connectivity index (χ1v) is 10.1. The molecule has 0 spiro atoms. The monoisotopic (exact) mass is 377 g/mol. The number of fused-ring (bicyclic) bond motifs is 1. The van der Waals surface area contributed by atoms with E-state index < -0.39 is 15.8 Å². The van der Waals surface area contributed by atoms with Gasteiger partial charge in [0, 0.05) is 6.54 Å². The van der Waals surface area contributed by atoms with Crippen LogP contribution < -0.4 is 9.47 Å². The van der Waals surface area contributed by atoms with Crippen molar-refractivity contribution in [3.05, 3.63) is 53.3 Å². The number of halogens is 1. The second-order valence-electron chi connectivity index (χ2n) is 6.61. The van der Waals surface area contributed by atoms with Gasteiger partial charge in [0.15, 0.2) is 11.5 Å². The van der Waals surface area contributed by atoms with E-state index in [0.717, 1.165) is 12.0 Å². The van der Waals surface area contributed by atoms with E-state index in [-0.39, 0.29) is 10.9 Å². The van der Waals surface area contributed by atoms with Crippen molar-refractivity contribution in [3.8, 4) is 11.5 Å². The molecule has 2 aliphatic rings. The first kappa shape index (κ1) is 17.3.